The van der Waals surface area contributed by atoms with Crippen LogP contribution in [0.15, 0.2) is 42.7 Å². The van der Waals surface area contributed by atoms with E-state index in [1.807, 2.05) is 0 Å². The predicted molar refractivity (Wildman–Crippen MR) is 54.6 cm³/mol. The van der Waals surface area contributed by atoms with E-state index < -0.39 is 17.6 Å². The molecule has 0 fully saturated rings. The number of rotatable bonds is 1. The Morgan fingerprint density at radius 2 is 1.82 bits per heavy atom. The number of hydrogen-bond acceptors (Lipinski definition) is 1. The molecule has 0 unspecified atom stereocenters. The molecule has 2 rings (SSSR count). The van der Waals surface area contributed by atoms with Gasteiger partial charge in [-0.3, -0.25) is 4.98 Å². The van der Waals surface area contributed by atoms with E-state index in [0.717, 1.165) is 18.2 Å². The summed E-state index contributed by atoms with van der Waals surface area (Å²) >= 11 is 0. The molecule has 0 bridgehead atoms. The highest BCUT2D eigenvalue weighted by molar-refractivity contribution is 5.67. The van der Waals surface area contributed by atoms with E-state index in [9.17, 15) is 17.6 Å². The lowest BCUT2D eigenvalue weighted by Crippen LogP contribution is -2.07. The fourth-order valence-corrected chi connectivity index (χ4v) is 1.52. The molecule has 0 saturated carbocycles. The van der Waals surface area contributed by atoms with Crippen molar-refractivity contribution in [1.82, 2.24) is 4.98 Å². The molecule has 5 heteroatoms. The second-order valence-electron chi connectivity index (χ2n) is 3.43. The SMILES string of the molecule is Fc1ccc(C(F)(F)F)c(-c2cccnc2)c1. The van der Waals surface area contributed by atoms with Gasteiger partial charge in [-0.05, 0) is 29.8 Å². The van der Waals surface area contributed by atoms with Crippen LogP contribution in [0.2, 0.25) is 0 Å². The molecule has 0 atom stereocenters. The van der Waals surface area contributed by atoms with Crippen molar-refractivity contribution in [2.45, 2.75) is 6.18 Å². The second kappa shape index (κ2) is 4.16. The van der Waals surface area contributed by atoms with Gasteiger partial charge in [-0.1, -0.05) is 6.07 Å². The van der Waals surface area contributed by atoms with Gasteiger partial charge in [-0.15, -0.1) is 0 Å². The van der Waals surface area contributed by atoms with Crippen LogP contribution in [0.5, 0.6) is 0 Å². The fourth-order valence-electron chi connectivity index (χ4n) is 1.52. The molecule has 17 heavy (non-hydrogen) atoms. The van der Waals surface area contributed by atoms with Crippen molar-refractivity contribution in [3.05, 3.63) is 54.1 Å². The van der Waals surface area contributed by atoms with E-state index in [1.54, 1.807) is 0 Å². The highest BCUT2D eigenvalue weighted by atomic mass is 19.4. The monoisotopic (exact) mass is 241 g/mol. The van der Waals surface area contributed by atoms with E-state index in [4.69, 9.17) is 0 Å². The molecule has 0 aliphatic carbocycles. The largest absolute Gasteiger partial charge is 0.417 e. The molecule has 0 radical (unpaired) electrons. The van der Waals surface area contributed by atoms with Crippen molar-refractivity contribution in [3.63, 3.8) is 0 Å². The maximum absolute atomic E-state index is 13.0. The van der Waals surface area contributed by atoms with Gasteiger partial charge in [0.15, 0.2) is 0 Å². The van der Waals surface area contributed by atoms with E-state index in [0.29, 0.717) is 0 Å². The Morgan fingerprint density at radius 3 is 2.41 bits per heavy atom. The van der Waals surface area contributed by atoms with Crippen LogP contribution in [0, 0.1) is 5.82 Å². The first-order valence-electron chi connectivity index (χ1n) is 4.75. The van der Waals surface area contributed by atoms with Crippen LogP contribution < -0.4 is 0 Å². The summed E-state index contributed by atoms with van der Waals surface area (Å²) in [6.07, 6.45) is -1.81. The van der Waals surface area contributed by atoms with Crippen molar-refractivity contribution < 1.29 is 17.6 Å². The molecular weight excluding hydrogens is 234 g/mol. The summed E-state index contributed by atoms with van der Waals surface area (Å²) < 4.78 is 51.2. The molecule has 1 heterocycles. The predicted octanol–water partition coefficient (Wildman–Crippen LogP) is 3.91. The second-order valence-corrected chi connectivity index (χ2v) is 3.43. The first-order valence-corrected chi connectivity index (χ1v) is 4.75. The lowest BCUT2D eigenvalue weighted by Gasteiger charge is -2.12. The van der Waals surface area contributed by atoms with Crippen molar-refractivity contribution in [1.29, 1.82) is 0 Å². The smallest absolute Gasteiger partial charge is 0.264 e. The van der Waals surface area contributed by atoms with Crippen LogP contribution in [0.1, 0.15) is 5.56 Å². The molecule has 0 N–H and O–H groups in total. The lowest BCUT2D eigenvalue weighted by molar-refractivity contribution is -0.137. The van der Waals surface area contributed by atoms with E-state index in [1.165, 1.54) is 24.5 Å². The zero-order chi connectivity index (χ0) is 12.5. The Labute approximate surface area is 94.7 Å². The zero-order valence-electron chi connectivity index (χ0n) is 8.50. The van der Waals surface area contributed by atoms with Gasteiger partial charge in [0.05, 0.1) is 5.56 Å². The van der Waals surface area contributed by atoms with Gasteiger partial charge >= 0.3 is 6.18 Å². The maximum Gasteiger partial charge on any atom is 0.417 e. The van der Waals surface area contributed by atoms with Crippen LogP contribution in [-0.2, 0) is 6.18 Å². The minimum absolute atomic E-state index is 0.203. The number of benzene rings is 1. The molecule has 0 spiro atoms. The van der Waals surface area contributed by atoms with Crippen molar-refractivity contribution in [3.8, 4) is 11.1 Å². The molecule has 0 amide bonds. The van der Waals surface area contributed by atoms with Gasteiger partial charge in [0.2, 0.25) is 0 Å². The van der Waals surface area contributed by atoms with Crippen molar-refractivity contribution in [2.75, 3.05) is 0 Å². The van der Waals surface area contributed by atoms with Crippen LogP contribution in [0.25, 0.3) is 11.1 Å². The Morgan fingerprint density at radius 1 is 1.06 bits per heavy atom. The van der Waals surface area contributed by atoms with E-state index in [-0.39, 0.29) is 11.1 Å². The fraction of sp³-hybridized carbons (Fsp3) is 0.0833. The summed E-state index contributed by atoms with van der Waals surface area (Å²) in [5.41, 5.74) is -0.836. The molecule has 1 aromatic heterocycles. The van der Waals surface area contributed by atoms with Crippen LogP contribution in [0.4, 0.5) is 17.6 Å². The third-order valence-corrected chi connectivity index (χ3v) is 2.26. The number of aromatic nitrogens is 1. The highest BCUT2D eigenvalue weighted by Gasteiger charge is 2.33. The minimum Gasteiger partial charge on any atom is -0.264 e. The van der Waals surface area contributed by atoms with Gasteiger partial charge < -0.3 is 0 Å². The molecule has 1 aromatic carbocycles. The standard InChI is InChI=1S/C12H7F4N/c13-9-3-4-11(12(14,15)16)10(6-9)8-2-1-5-17-7-8/h1-7H. The first kappa shape index (κ1) is 11.6. The van der Waals surface area contributed by atoms with Crippen LogP contribution >= 0.6 is 0 Å². The quantitative estimate of drug-likeness (QED) is 0.690. The molecule has 1 nitrogen and oxygen atoms in total. The maximum atomic E-state index is 13.0. The number of halogens is 4. The molecule has 88 valence electrons. The average molecular weight is 241 g/mol. The number of nitrogens with zero attached hydrogens (tertiary/aromatic N) is 1. The van der Waals surface area contributed by atoms with Gasteiger partial charge in [-0.25, -0.2) is 4.39 Å². The molecule has 0 saturated heterocycles. The summed E-state index contributed by atoms with van der Waals surface area (Å²) in [7, 11) is 0. The molecule has 0 aliphatic heterocycles. The minimum atomic E-state index is -4.52. The van der Waals surface area contributed by atoms with Gasteiger partial charge in [0.25, 0.3) is 0 Å². The molecular formula is C12H7F4N. The summed E-state index contributed by atoms with van der Waals surface area (Å²) in [5.74, 6) is -0.711. The Bertz CT molecular complexity index is 520. The molecule has 2 aromatic rings. The topological polar surface area (TPSA) is 12.9 Å². The first-order chi connectivity index (χ1) is 7.98. The van der Waals surface area contributed by atoms with Crippen LogP contribution in [-0.4, -0.2) is 4.98 Å². The van der Waals surface area contributed by atoms with Gasteiger partial charge in [-0.2, -0.15) is 13.2 Å². The summed E-state index contributed by atoms with van der Waals surface area (Å²) in [6, 6.07) is 5.34. The van der Waals surface area contributed by atoms with Crippen molar-refractivity contribution >= 4 is 0 Å². The summed E-state index contributed by atoms with van der Waals surface area (Å²) in [6.45, 7) is 0. The third kappa shape index (κ3) is 2.43. The normalized spacial score (nSPS) is 11.5. The lowest BCUT2D eigenvalue weighted by atomic mass is 10.0. The average Bonchev–Trinajstić information content (AvgIpc) is 2.28. The van der Waals surface area contributed by atoms with Gasteiger partial charge in [0, 0.05) is 18.0 Å². The Balaban J connectivity index is 2.64. The van der Waals surface area contributed by atoms with E-state index >= 15 is 0 Å². The number of alkyl halides is 3. The molecule has 0 aliphatic rings. The third-order valence-electron chi connectivity index (χ3n) is 2.26. The number of pyridine rings is 1. The highest BCUT2D eigenvalue weighted by Crippen LogP contribution is 2.37. The van der Waals surface area contributed by atoms with Crippen molar-refractivity contribution in [2.24, 2.45) is 0 Å². The Kier molecular flexibility index (Phi) is 2.83. The van der Waals surface area contributed by atoms with E-state index in [2.05, 4.69) is 4.98 Å². The number of hydrogen-bond donors (Lipinski definition) is 0. The van der Waals surface area contributed by atoms with Crippen LogP contribution in [0.3, 0.4) is 0 Å². The zero-order valence-corrected chi connectivity index (χ0v) is 8.50. The summed E-state index contributed by atoms with van der Waals surface area (Å²) in [5, 5.41) is 0. The Hall–Kier alpha value is -1.91. The summed E-state index contributed by atoms with van der Waals surface area (Å²) in [4.78, 5) is 3.72. The van der Waals surface area contributed by atoms with Gasteiger partial charge in [0.1, 0.15) is 5.82 Å².